The Kier molecular flexibility index (Phi) is 5.84. The third-order valence-electron chi connectivity index (χ3n) is 6.85. The SMILES string of the molecule is Cn1cncc1C(N)(c1ccc(C#N)cc1)c1cc2c(-c3cccc(F)c3)cc(-c3cccnc3)cc2s1. The summed E-state index contributed by atoms with van der Waals surface area (Å²) in [5.74, 6) is -0.293. The van der Waals surface area contributed by atoms with Crippen LogP contribution in [-0.4, -0.2) is 14.5 Å². The monoisotopic (exact) mass is 515 g/mol. The molecule has 6 rings (SSSR count). The first-order valence-electron chi connectivity index (χ1n) is 12.0. The smallest absolute Gasteiger partial charge is 0.123 e. The first-order chi connectivity index (χ1) is 18.5. The molecule has 0 aliphatic heterocycles. The minimum Gasteiger partial charge on any atom is -0.335 e. The Hall–Kier alpha value is -4.64. The van der Waals surface area contributed by atoms with Crippen LogP contribution in [0.4, 0.5) is 4.39 Å². The molecule has 5 nitrogen and oxygen atoms in total. The number of imidazole rings is 1. The van der Waals surface area contributed by atoms with Crippen LogP contribution in [0.15, 0.2) is 104 Å². The van der Waals surface area contributed by atoms with Crippen molar-refractivity contribution in [3.05, 3.63) is 131 Å². The second-order valence-electron chi connectivity index (χ2n) is 9.19. The van der Waals surface area contributed by atoms with Crippen LogP contribution in [0.2, 0.25) is 0 Å². The number of benzene rings is 3. The highest BCUT2D eigenvalue weighted by Gasteiger charge is 2.36. The zero-order chi connectivity index (χ0) is 26.3. The standard InChI is InChI=1S/C31H22FN5S/c1-37-19-36-18-29(37)31(34,24-9-7-20(16-33)8-10-24)30-15-27-26(21-4-2-6-25(32)12-21)13-23(14-28(27)38-30)22-5-3-11-35-17-22/h2-15,17-19H,34H2,1H3. The average Bonchev–Trinajstić information content (AvgIpc) is 3.59. The molecule has 3 heterocycles. The van der Waals surface area contributed by atoms with Crippen LogP contribution in [0.3, 0.4) is 0 Å². The van der Waals surface area contributed by atoms with Crippen molar-refractivity contribution in [1.82, 2.24) is 14.5 Å². The Bertz CT molecular complexity index is 1820. The first-order valence-corrected chi connectivity index (χ1v) is 12.8. The fourth-order valence-corrected chi connectivity index (χ4v) is 6.15. The molecule has 2 N–H and O–H groups in total. The van der Waals surface area contributed by atoms with Gasteiger partial charge in [-0.3, -0.25) is 4.98 Å². The van der Waals surface area contributed by atoms with E-state index in [4.69, 9.17) is 5.73 Å². The highest BCUT2D eigenvalue weighted by atomic mass is 32.1. The summed E-state index contributed by atoms with van der Waals surface area (Å²) in [6.07, 6.45) is 7.07. The van der Waals surface area contributed by atoms with Crippen LogP contribution in [-0.2, 0) is 12.6 Å². The molecule has 3 aromatic heterocycles. The van der Waals surface area contributed by atoms with E-state index in [0.29, 0.717) is 5.56 Å². The number of nitrogens with two attached hydrogens (primary N) is 1. The minimum atomic E-state index is -1.03. The molecule has 0 spiro atoms. The van der Waals surface area contributed by atoms with Gasteiger partial charge in [0.1, 0.15) is 11.4 Å². The summed E-state index contributed by atoms with van der Waals surface area (Å²) in [4.78, 5) is 9.54. The summed E-state index contributed by atoms with van der Waals surface area (Å²) >= 11 is 1.59. The van der Waals surface area contributed by atoms with Gasteiger partial charge in [0.2, 0.25) is 0 Å². The average molecular weight is 516 g/mol. The molecule has 0 saturated carbocycles. The molecule has 1 unspecified atom stereocenters. The number of halogens is 1. The van der Waals surface area contributed by atoms with Crippen LogP contribution in [0.1, 0.15) is 21.7 Å². The highest BCUT2D eigenvalue weighted by molar-refractivity contribution is 7.19. The molecule has 3 aromatic carbocycles. The van der Waals surface area contributed by atoms with E-state index >= 15 is 0 Å². The molecule has 0 fully saturated rings. The molecule has 184 valence electrons. The molecule has 0 radical (unpaired) electrons. The lowest BCUT2D eigenvalue weighted by Gasteiger charge is -2.29. The predicted octanol–water partition coefficient (Wildman–Crippen LogP) is 6.63. The van der Waals surface area contributed by atoms with Crippen LogP contribution in [0.5, 0.6) is 0 Å². The van der Waals surface area contributed by atoms with E-state index in [2.05, 4.69) is 34.2 Å². The third kappa shape index (κ3) is 3.97. The fourth-order valence-electron chi connectivity index (χ4n) is 4.89. The minimum absolute atomic E-state index is 0.293. The topological polar surface area (TPSA) is 80.5 Å². The van der Waals surface area contributed by atoms with Gasteiger partial charge in [0, 0.05) is 40.0 Å². The number of hydrogen-bond acceptors (Lipinski definition) is 5. The number of fused-ring (bicyclic) bond motifs is 1. The van der Waals surface area contributed by atoms with Crippen molar-refractivity contribution in [3.63, 3.8) is 0 Å². The molecule has 6 aromatic rings. The maximum absolute atomic E-state index is 14.3. The molecule has 0 aliphatic carbocycles. The lowest BCUT2D eigenvalue weighted by atomic mass is 9.85. The van der Waals surface area contributed by atoms with Crippen molar-refractivity contribution in [2.75, 3.05) is 0 Å². The normalized spacial score (nSPS) is 12.8. The fraction of sp³-hybridized carbons (Fsp3) is 0.0645. The summed E-state index contributed by atoms with van der Waals surface area (Å²) in [6, 6.07) is 26.4. The molecule has 38 heavy (non-hydrogen) atoms. The second-order valence-corrected chi connectivity index (χ2v) is 10.3. The summed E-state index contributed by atoms with van der Waals surface area (Å²) in [5.41, 5.74) is 12.2. The largest absolute Gasteiger partial charge is 0.335 e. The Morgan fingerprint density at radius 2 is 1.74 bits per heavy atom. The Morgan fingerprint density at radius 3 is 2.42 bits per heavy atom. The van der Waals surface area contributed by atoms with E-state index in [1.54, 1.807) is 54.3 Å². The second kappa shape index (κ2) is 9.34. The van der Waals surface area contributed by atoms with Crippen LogP contribution >= 0.6 is 11.3 Å². The number of nitriles is 1. The van der Waals surface area contributed by atoms with E-state index < -0.39 is 5.54 Å². The Labute approximate surface area is 223 Å². The lowest BCUT2D eigenvalue weighted by Crippen LogP contribution is -2.40. The van der Waals surface area contributed by atoms with Gasteiger partial charge in [0.15, 0.2) is 0 Å². The van der Waals surface area contributed by atoms with Gasteiger partial charge in [-0.1, -0.05) is 30.3 Å². The molecule has 0 aliphatic rings. The van der Waals surface area contributed by atoms with Crippen molar-refractivity contribution >= 4 is 21.4 Å². The maximum Gasteiger partial charge on any atom is 0.123 e. The Morgan fingerprint density at radius 1 is 0.921 bits per heavy atom. The number of pyridine rings is 1. The lowest BCUT2D eigenvalue weighted by molar-refractivity contribution is 0.607. The molecule has 0 saturated heterocycles. The van der Waals surface area contributed by atoms with Crippen LogP contribution in [0.25, 0.3) is 32.3 Å². The zero-order valence-electron chi connectivity index (χ0n) is 20.5. The van der Waals surface area contributed by atoms with Crippen molar-refractivity contribution in [2.24, 2.45) is 12.8 Å². The van der Waals surface area contributed by atoms with Gasteiger partial charge in [-0.05, 0) is 70.8 Å². The summed E-state index contributed by atoms with van der Waals surface area (Å²) in [5, 5.41) is 10.3. The van der Waals surface area contributed by atoms with Gasteiger partial charge in [-0.25, -0.2) is 9.37 Å². The van der Waals surface area contributed by atoms with Crippen molar-refractivity contribution in [3.8, 4) is 28.3 Å². The van der Waals surface area contributed by atoms with Crippen molar-refractivity contribution in [1.29, 1.82) is 5.26 Å². The predicted molar refractivity (Wildman–Crippen MR) is 149 cm³/mol. The maximum atomic E-state index is 14.3. The molecular weight excluding hydrogens is 493 g/mol. The van der Waals surface area contributed by atoms with Crippen LogP contribution < -0.4 is 5.73 Å². The van der Waals surface area contributed by atoms with E-state index in [1.807, 2.05) is 48.1 Å². The quantitative estimate of drug-likeness (QED) is 0.280. The number of rotatable bonds is 5. The van der Waals surface area contributed by atoms with E-state index in [-0.39, 0.29) is 5.82 Å². The third-order valence-corrected chi connectivity index (χ3v) is 8.06. The van der Waals surface area contributed by atoms with Crippen LogP contribution in [0, 0.1) is 17.1 Å². The van der Waals surface area contributed by atoms with Gasteiger partial charge >= 0.3 is 0 Å². The summed E-state index contributed by atoms with van der Waals surface area (Å²) < 4.78 is 17.3. The number of thiophene rings is 1. The van der Waals surface area contributed by atoms with Gasteiger partial charge in [-0.2, -0.15) is 5.26 Å². The van der Waals surface area contributed by atoms with Crippen molar-refractivity contribution in [2.45, 2.75) is 5.54 Å². The number of hydrogen-bond donors (Lipinski definition) is 1. The molecular formula is C31H22FN5S. The zero-order valence-corrected chi connectivity index (χ0v) is 21.3. The summed E-state index contributed by atoms with van der Waals surface area (Å²) in [7, 11) is 1.92. The van der Waals surface area contributed by atoms with Gasteiger partial charge in [0.25, 0.3) is 0 Å². The van der Waals surface area contributed by atoms with Gasteiger partial charge < -0.3 is 10.3 Å². The molecule has 0 bridgehead atoms. The number of aromatic nitrogens is 3. The summed E-state index contributed by atoms with van der Waals surface area (Å²) in [6.45, 7) is 0. The molecule has 0 amide bonds. The van der Waals surface area contributed by atoms with E-state index in [0.717, 1.165) is 48.5 Å². The van der Waals surface area contributed by atoms with Crippen molar-refractivity contribution < 1.29 is 4.39 Å². The number of aryl methyl sites for hydroxylation is 1. The van der Waals surface area contributed by atoms with E-state index in [9.17, 15) is 9.65 Å². The molecule has 1 atom stereocenters. The number of nitrogens with zero attached hydrogens (tertiary/aromatic N) is 4. The molecule has 7 heteroatoms. The Balaban J connectivity index is 1.64. The first kappa shape index (κ1) is 23.7. The van der Waals surface area contributed by atoms with Gasteiger partial charge in [-0.15, -0.1) is 11.3 Å². The van der Waals surface area contributed by atoms with Gasteiger partial charge in [0.05, 0.1) is 29.9 Å². The van der Waals surface area contributed by atoms with E-state index in [1.165, 1.54) is 6.07 Å². The highest BCUT2D eigenvalue weighted by Crippen LogP contribution is 2.44.